The van der Waals surface area contributed by atoms with Gasteiger partial charge in [-0.25, -0.2) is 0 Å². The van der Waals surface area contributed by atoms with Crippen molar-refractivity contribution >= 4 is 30.4 Å². The monoisotopic (exact) mass is 612 g/mol. The number of rotatable bonds is 13. The van der Waals surface area contributed by atoms with Crippen LogP contribution in [0.2, 0.25) is 0 Å². The average molecular weight is 613 g/mol. The van der Waals surface area contributed by atoms with Crippen molar-refractivity contribution in [3.63, 3.8) is 0 Å². The summed E-state index contributed by atoms with van der Waals surface area (Å²) in [5.74, 6) is 6.87. The zero-order chi connectivity index (χ0) is 31.1. The van der Waals surface area contributed by atoms with Crippen LogP contribution in [-0.4, -0.2) is 18.0 Å². The third-order valence-electron chi connectivity index (χ3n) is 8.36. The molecule has 0 nitrogen and oxygen atoms in total. The summed E-state index contributed by atoms with van der Waals surface area (Å²) in [4.78, 5) is 0. The molecule has 0 aromatic heterocycles. The Morgan fingerprint density at radius 3 is 1.82 bits per heavy atom. The van der Waals surface area contributed by atoms with Gasteiger partial charge in [0.1, 0.15) is 39.5 Å². The molecular formula is C42H46P2+2. The third-order valence-corrected chi connectivity index (χ3v) is 17.6. The molecule has 1 aliphatic rings. The van der Waals surface area contributed by atoms with E-state index < -0.39 is 14.5 Å². The van der Waals surface area contributed by atoms with Gasteiger partial charge in [0.05, 0.1) is 19.6 Å². The molecule has 3 aromatic rings. The first-order chi connectivity index (χ1) is 21.7. The van der Waals surface area contributed by atoms with Gasteiger partial charge in [-0.3, -0.25) is 0 Å². The molecule has 0 amide bonds. The van der Waals surface area contributed by atoms with Gasteiger partial charge in [0.25, 0.3) is 0 Å². The summed E-state index contributed by atoms with van der Waals surface area (Å²) in [5, 5.41) is 7.06. The van der Waals surface area contributed by atoms with Gasteiger partial charge in [0, 0.05) is 12.8 Å². The van der Waals surface area contributed by atoms with Crippen molar-refractivity contribution in [2.24, 2.45) is 0 Å². The molecule has 44 heavy (non-hydrogen) atoms. The van der Waals surface area contributed by atoms with Crippen LogP contribution in [0.15, 0.2) is 175 Å². The topological polar surface area (TPSA) is 0 Å². The van der Waals surface area contributed by atoms with Gasteiger partial charge in [0.15, 0.2) is 0 Å². The fourth-order valence-electron chi connectivity index (χ4n) is 6.31. The van der Waals surface area contributed by atoms with Crippen LogP contribution in [0.5, 0.6) is 0 Å². The van der Waals surface area contributed by atoms with Gasteiger partial charge in [-0.15, -0.1) is 0 Å². The molecule has 0 N–H and O–H groups in total. The molecule has 0 saturated carbocycles. The standard InChI is InChI=1S/C42H46P2/c1-5-9-26-38(8-4)43(37(7-3)25-6-2,39-29-17-12-18-30-39)35-23-24-36-44(41-31-19-13-20-32-41,42-33-21-14-22-34-42)40-27-15-10-11-16-28-40/h5-9,12-15,17-27,29-34,40H,1,10,28,35-36H2,2-4H3/q+2/b24-23+,25-6-,26-9-,37-7+,38-8+/t40-,43?/m1/s1. The summed E-state index contributed by atoms with van der Waals surface area (Å²) in [6.07, 6.45) is 28.8. The molecule has 0 bridgehead atoms. The second kappa shape index (κ2) is 16.9. The molecule has 2 atom stereocenters. The van der Waals surface area contributed by atoms with Gasteiger partial charge < -0.3 is 0 Å². The van der Waals surface area contributed by atoms with Gasteiger partial charge >= 0.3 is 0 Å². The molecule has 222 valence electrons. The van der Waals surface area contributed by atoms with E-state index in [0.717, 1.165) is 25.2 Å². The number of benzene rings is 3. The molecule has 0 radical (unpaired) electrons. The van der Waals surface area contributed by atoms with E-state index in [-0.39, 0.29) is 0 Å². The molecule has 0 fully saturated rings. The summed E-state index contributed by atoms with van der Waals surface area (Å²) in [5.41, 5.74) is 0.372. The van der Waals surface area contributed by atoms with E-state index >= 15 is 0 Å². The lowest BCUT2D eigenvalue weighted by atomic mass is 10.3. The summed E-state index contributed by atoms with van der Waals surface area (Å²) in [7, 11) is -3.87. The van der Waals surface area contributed by atoms with Crippen LogP contribution in [0.3, 0.4) is 0 Å². The molecule has 1 aliphatic carbocycles. The van der Waals surface area contributed by atoms with Crippen molar-refractivity contribution in [2.45, 2.75) is 39.3 Å². The summed E-state index contributed by atoms with van der Waals surface area (Å²) >= 11 is 0. The quantitative estimate of drug-likeness (QED) is 0.0780. The van der Waals surface area contributed by atoms with Gasteiger partial charge in [0.2, 0.25) is 0 Å². The maximum atomic E-state index is 3.98. The Morgan fingerprint density at radius 2 is 1.27 bits per heavy atom. The summed E-state index contributed by atoms with van der Waals surface area (Å²) < 4.78 is 0. The fourth-order valence-corrected chi connectivity index (χ4v) is 15.1. The number of allylic oxidation sites excluding steroid dienone is 13. The van der Waals surface area contributed by atoms with Crippen LogP contribution in [0, 0.1) is 11.8 Å². The largest absolute Gasteiger partial charge is 0.115 e. The highest BCUT2D eigenvalue weighted by Crippen LogP contribution is 2.71. The zero-order valence-electron chi connectivity index (χ0n) is 26.5. The predicted molar refractivity (Wildman–Crippen MR) is 203 cm³/mol. The lowest BCUT2D eigenvalue weighted by Gasteiger charge is -2.32. The lowest BCUT2D eigenvalue weighted by molar-refractivity contribution is 1.08. The van der Waals surface area contributed by atoms with E-state index in [1.165, 1.54) is 26.5 Å². The molecule has 0 spiro atoms. The Bertz CT molecular complexity index is 1550. The molecule has 1 unspecified atom stereocenters. The second-order valence-corrected chi connectivity index (χ2v) is 18.1. The van der Waals surface area contributed by atoms with Crippen LogP contribution in [0.1, 0.15) is 33.6 Å². The minimum absolute atomic E-state index is 0.372. The van der Waals surface area contributed by atoms with Crippen molar-refractivity contribution in [1.29, 1.82) is 0 Å². The van der Waals surface area contributed by atoms with Crippen molar-refractivity contribution in [1.82, 2.24) is 0 Å². The normalized spacial score (nSPS) is 17.4. The summed E-state index contributed by atoms with van der Waals surface area (Å²) in [6.45, 7) is 10.5. The Hall–Kier alpha value is -3.74. The summed E-state index contributed by atoms with van der Waals surface area (Å²) in [6, 6.07) is 33.6. The van der Waals surface area contributed by atoms with E-state index in [0.29, 0.717) is 5.66 Å². The minimum atomic E-state index is -1.99. The van der Waals surface area contributed by atoms with Crippen molar-refractivity contribution in [3.8, 4) is 11.8 Å². The molecule has 0 aliphatic heterocycles. The highest BCUT2D eigenvalue weighted by molar-refractivity contribution is 7.91. The Labute approximate surface area is 268 Å². The molecule has 4 rings (SSSR count). The highest BCUT2D eigenvalue weighted by atomic mass is 31.2. The van der Waals surface area contributed by atoms with Gasteiger partial charge in [-0.1, -0.05) is 97.3 Å². The SMILES string of the molecule is C=C/C=C\C(=C/C)[P+](C/C=C/C[P+](c1ccccc1)(c1ccccc1)[C@@H]1C=CCC#CC1)(C(/C=C\C)=C/C)c1ccccc1. The second-order valence-electron chi connectivity index (χ2n) is 10.8. The Morgan fingerprint density at radius 1 is 0.727 bits per heavy atom. The maximum Gasteiger partial charge on any atom is 0.115 e. The van der Waals surface area contributed by atoms with Crippen molar-refractivity contribution < 1.29 is 0 Å². The Kier molecular flexibility index (Phi) is 12.8. The van der Waals surface area contributed by atoms with E-state index in [2.05, 4.69) is 191 Å². The van der Waals surface area contributed by atoms with Crippen LogP contribution >= 0.6 is 14.5 Å². The van der Waals surface area contributed by atoms with E-state index in [1.807, 2.05) is 6.08 Å². The number of hydrogen-bond donors (Lipinski definition) is 0. The molecule has 3 aromatic carbocycles. The average Bonchev–Trinajstić information content (AvgIpc) is 3.38. The van der Waals surface area contributed by atoms with Crippen LogP contribution in [0.25, 0.3) is 0 Å². The molecule has 2 heteroatoms. The fraction of sp³-hybridized carbons (Fsp3) is 0.190. The van der Waals surface area contributed by atoms with Crippen molar-refractivity contribution in [3.05, 3.63) is 175 Å². The number of hydrogen-bond acceptors (Lipinski definition) is 0. The first kappa shape index (κ1) is 33.2. The van der Waals surface area contributed by atoms with E-state index in [4.69, 9.17) is 0 Å². The maximum absolute atomic E-state index is 3.98. The smallest absolute Gasteiger partial charge is 0.0991 e. The highest BCUT2D eigenvalue weighted by Gasteiger charge is 2.49. The molecular weight excluding hydrogens is 566 g/mol. The van der Waals surface area contributed by atoms with Gasteiger partial charge in [-0.05, 0) is 99.7 Å². The lowest BCUT2D eigenvalue weighted by Crippen LogP contribution is -2.32. The minimum Gasteiger partial charge on any atom is -0.0991 e. The van der Waals surface area contributed by atoms with Crippen LogP contribution < -0.4 is 15.9 Å². The zero-order valence-corrected chi connectivity index (χ0v) is 28.3. The third kappa shape index (κ3) is 7.31. The first-order valence-corrected chi connectivity index (χ1v) is 19.6. The van der Waals surface area contributed by atoms with Crippen LogP contribution in [-0.2, 0) is 0 Å². The van der Waals surface area contributed by atoms with Crippen molar-refractivity contribution in [2.75, 3.05) is 12.3 Å². The van der Waals surface area contributed by atoms with Crippen LogP contribution in [0.4, 0.5) is 0 Å². The first-order valence-electron chi connectivity index (χ1n) is 15.6. The Balaban J connectivity index is 1.88. The predicted octanol–water partition coefficient (Wildman–Crippen LogP) is 10.4. The van der Waals surface area contributed by atoms with Gasteiger partial charge in [-0.2, -0.15) is 0 Å². The molecule has 0 saturated heterocycles. The van der Waals surface area contributed by atoms with E-state index in [9.17, 15) is 0 Å². The molecule has 0 heterocycles. The van der Waals surface area contributed by atoms with E-state index in [1.54, 1.807) is 0 Å².